The molecule has 2 heteroatoms. The van der Waals surface area contributed by atoms with Crippen molar-refractivity contribution >= 4 is 5.71 Å². The van der Waals surface area contributed by atoms with Gasteiger partial charge in [-0.05, 0) is 38.5 Å². The molecule has 1 rings (SSSR count). The van der Waals surface area contributed by atoms with Gasteiger partial charge in [-0.2, -0.15) is 0 Å². The molecule has 0 amide bonds. The summed E-state index contributed by atoms with van der Waals surface area (Å²) in [6.07, 6.45) is 4.49. The predicted molar refractivity (Wildman–Crippen MR) is 43.3 cm³/mol. The van der Waals surface area contributed by atoms with Crippen LogP contribution in [0.1, 0.15) is 32.6 Å². The largest absolute Gasteiger partial charge is 0.328 e. The van der Waals surface area contributed by atoms with Crippen LogP contribution < -0.4 is 5.73 Å². The lowest BCUT2D eigenvalue weighted by Gasteiger charge is -2.25. The van der Waals surface area contributed by atoms with Gasteiger partial charge in [0.15, 0.2) is 0 Å². The van der Waals surface area contributed by atoms with Crippen LogP contribution in [0.2, 0.25) is 0 Å². The molecule has 0 saturated heterocycles. The Bertz CT molecular complexity index is 123. The van der Waals surface area contributed by atoms with E-state index in [9.17, 15) is 0 Å². The number of hydrogen-bond donors (Lipinski definition) is 2. The SMILES string of the molecule is CC(=N)C1CCC(N)CC1. The summed E-state index contributed by atoms with van der Waals surface area (Å²) in [6, 6.07) is 0.413. The Morgan fingerprint density at radius 3 is 2.20 bits per heavy atom. The van der Waals surface area contributed by atoms with Gasteiger partial charge in [-0.15, -0.1) is 0 Å². The minimum atomic E-state index is 0.413. The molecule has 1 aliphatic carbocycles. The van der Waals surface area contributed by atoms with Gasteiger partial charge in [0.1, 0.15) is 0 Å². The van der Waals surface area contributed by atoms with Crippen LogP contribution in [0.25, 0.3) is 0 Å². The van der Waals surface area contributed by atoms with Crippen LogP contribution in [0.3, 0.4) is 0 Å². The highest BCUT2D eigenvalue weighted by molar-refractivity contribution is 5.81. The Balaban J connectivity index is 2.33. The lowest BCUT2D eigenvalue weighted by molar-refractivity contribution is 0.390. The zero-order valence-corrected chi connectivity index (χ0v) is 6.56. The quantitative estimate of drug-likeness (QED) is 0.533. The first kappa shape index (κ1) is 7.73. The fourth-order valence-electron chi connectivity index (χ4n) is 1.55. The molecule has 0 radical (unpaired) electrons. The van der Waals surface area contributed by atoms with E-state index in [1.54, 1.807) is 0 Å². The van der Waals surface area contributed by atoms with Crippen LogP contribution in [0.4, 0.5) is 0 Å². The van der Waals surface area contributed by atoms with E-state index in [0.717, 1.165) is 31.4 Å². The van der Waals surface area contributed by atoms with E-state index in [4.69, 9.17) is 11.1 Å². The third kappa shape index (κ3) is 1.81. The lowest BCUT2D eigenvalue weighted by atomic mass is 9.84. The van der Waals surface area contributed by atoms with Crippen LogP contribution in [0.15, 0.2) is 0 Å². The highest BCUT2D eigenvalue weighted by Gasteiger charge is 2.19. The zero-order valence-electron chi connectivity index (χ0n) is 6.56. The highest BCUT2D eigenvalue weighted by Crippen LogP contribution is 2.23. The minimum absolute atomic E-state index is 0.413. The normalized spacial score (nSPS) is 33.8. The van der Waals surface area contributed by atoms with Gasteiger partial charge in [0, 0.05) is 11.8 Å². The maximum absolute atomic E-state index is 7.41. The Labute approximate surface area is 62.3 Å². The Kier molecular flexibility index (Phi) is 2.44. The third-order valence-electron chi connectivity index (χ3n) is 2.38. The molecule has 0 spiro atoms. The van der Waals surface area contributed by atoms with E-state index in [1.807, 2.05) is 6.92 Å². The maximum Gasteiger partial charge on any atom is 0.00891 e. The monoisotopic (exact) mass is 140 g/mol. The van der Waals surface area contributed by atoms with Crippen molar-refractivity contribution in [1.82, 2.24) is 0 Å². The van der Waals surface area contributed by atoms with Gasteiger partial charge >= 0.3 is 0 Å². The molecule has 1 fully saturated rings. The predicted octanol–water partition coefficient (Wildman–Crippen LogP) is 1.54. The minimum Gasteiger partial charge on any atom is -0.328 e. The molecular weight excluding hydrogens is 124 g/mol. The second-order valence-corrected chi connectivity index (χ2v) is 3.29. The van der Waals surface area contributed by atoms with Crippen molar-refractivity contribution in [3.8, 4) is 0 Å². The summed E-state index contributed by atoms with van der Waals surface area (Å²) in [7, 11) is 0. The van der Waals surface area contributed by atoms with Crippen LogP contribution in [0, 0.1) is 11.3 Å². The van der Waals surface area contributed by atoms with Crippen LogP contribution in [0.5, 0.6) is 0 Å². The second-order valence-electron chi connectivity index (χ2n) is 3.29. The Hall–Kier alpha value is -0.370. The van der Waals surface area contributed by atoms with E-state index < -0.39 is 0 Å². The summed E-state index contributed by atoms with van der Waals surface area (Å²) < 4.78 is 0. The van der Waals surface area contributed by atoms with Gasteiger partial charge in [-0.25, -0.2) is 0 Å². The van der Waals surface area contributed by atoms with Gasteiger partial charge in [0.05, 0.1) is 0 Å². The average molecular weight is 140 g/mol. The zero-order chi connectivity index (χ0) is 7.56. The molecule has 0 unspecified atom stereocenters. The van der Waals surface area contributed by atoms with Crippen LogP contribution in [-0.4, -0.2) is 11.8 Å². The molecule has 1 aliphatic rings. The van der Waals surface area contributed by atoms with Gasteiger partial charge in [-0.3, -0.25) is 0 Å². The first-order chi connectivity index (χ1) is 4.70. The molecule has 0 bridgehead atoms. The van der Waals surface area contributed by atoms with E-state index in [1.165, 1.54) is 0 Å². The third-order valence-corrected chi connectivity index (χ3v) is 2.38. The number of nitrogens with two attached hydrogens (primary N) is 1. The lowest BCUT2D eigenvalue weighted by Crippen LogP contribution is -2.28. The standard InChI is InChI=1S/C8H16N2/c1-6(9)7-2-4-8(10)5-3-7/h7-9H,2-5,10H2,1H3. The molecule has 0 atom stereocenters. The average Bonchev–Trinajstić information content (AvgIpc) is 1.88. The summed E-state index contributed by atoms with van der Waals surface area (Å²) in [5.74, 6) is 0.541. The molecule has 0 aromatic carbocycles. The van der Waals surface area contributed by atoms with Crippen molar-refractivity contribution in [2.75, 3.05) is 0 Å². The van der Waals surface area contributed by atoms with Gasteiger partial charge in [0.25, 0.3) is 0 Å². The van der Waals surface area contributed by atoms with E-state index in [-0.39, 0.29) is 0 Å². The van der Waals surface area contributed by atoms with Crippen molar-refractivity contribution in [1.29, 1.82) is 5.41 Å². The molecule has 58 valence electrons. The van der Waals surface area contributed by atoms with Crippen LogP contribution >= 0.6 is 0 Å². The number of nitrogens with one attached hydrogen (secondary N) is 1. The number of rotatable bonds is 1. The molecule has 2 nitrogen and oxygen atoms in total. The first-order valence-corrected chi connectivity index (χ1v) is 4.01. The fraction of sp³-hybridized carbons (Fsp3) is 0.875. The van der Waals surface area contributed by atoms with Gasteiger partial charge < -0.3 is 11.1 Å². The molecule has 0 aromatic heterocycles. The number of hydrogen-bond acceptors (Lipinski definition) is 2. The topological polar surface area (TPSA) is 49.9 Å². The molecule has 3 N–H and O–H groups in total. The maximum atomic E-state index is 7.41. The van der Waals surface area contributed by atoms with Crippen molar-refractivity contribution in [3.05, 3.63) is 0 Å². The Morgan fingerprint density at radius 2 is 1.80 bits per heavy atom. The summed E-state index contributed by atoms with van der Waals surface area (Å²) in [4.78, 5) is 0. The van der Waals surface area contributed by atoms with Crippen molar-refractivity contribution in [2.45, 2.75) is 38.6 Å². The van der Waals surface area contributed by atoms with E-state index in [2.05, 4.69) is 0 Å². The smallest absolute Gasteiger partial charge is 0.00891 e. The fourth-order valence-corrected chi connectivity index (χ4v) is 1.55. The van der Waals surface area contributed by atoms with Crippen molar-refractivity contribution < 1.29 is 0 Å². The molecule has 0 heterocycles. The van der Waals surface area contributed by atoms with Gasteiger partial charge in [-0.1, -0.05) is 0 Å². The molecule has 0 aromatic rings. The van der Waals surface area contributed by atoms with Crippen LogP contribution in [-0.2, 0) is 0 Å². The first-order valence-electron chi connectivity index (χ1n) is 4.01. The molecule has 0 aliphatic heterocycles. The molecular formula is C8H16N2. The van der Waals surface area contributed by atoms with E-state index >= 15 is 0 Å². The molecule has 1 saturated carbocycles. The summed E-state index contributed by atoms with van der Waals surface area (Å²) in [5.41, 5.74) is 6.57. The van der Waals surface area contributed by atoms with Crippen molar-refractivity contribution in [3.63, 3.8) is 0 Å². The summed E-state index contributed by atoms with van der Waals surface area (Å²) in [5, 5.41) is 7.41. The van der Waals surface area contributed by atoms with Crippen molar-refractivity contribution in [2.24, 2.45) is 11.7 Å². The summed E-state index contributed by atoms with van der Waals surface area (Å²) >= 11 is 0. The highest BCUT2D eigenvalue weighted by atomic mass is 14.6. The van der Waals surface area contributed by atoms with E-state index in [0.29, 0.717) is 12.0 Å². The summed E-state index contributed by atoms with van der Waals surface area (Å²) in [6.45, 7) is 1.90. The Morgan fingerprint density at radius 1 is 1.30 bits per heavy atom. The van der Waals surface area contributed by atoms with Gasteiger partial charge in [0.2, 0.25) is 0 Å². The second kappa shape index (κ2) is 3.15. The molecule has 10 heavy (non-hydrogen) atoms.